The van der Waals surface area contributed by atoms with Crippen molar-refractivity contribution in [2.75, 3.05) is 0 Å². The predicted octanol–water partition coefficient (Wildman–Crippen LogP) is 2.62. The summed E-state index contributed by atoms with van der Waals surface area (Å²) >= 11 is 11.7. The third-order valence-corrected chi connectivity index (χ3v) is 3.52. The highest BCUT2D eigenvalue weighted by Gasteiger charge is 2.08. The van der Waals surface area contributed by atoms with Crippen LogP contribution in [-0.2, 0) is 13.6 Å². The maximum atomic E-state index is 12.0. The molecule has 6 heteroatoms. The predicted molar refractivity (Wildman–Crippen MR) is 79.3 cm³/mol. The number of nitrogens with zero attached hydrogens (tertiary/aromatic N) is 1. The number of benzene rings is 1. The van der Waals surface area contributed by atoms with Crippen LogP contribution in [0.5, 0.6) is 0 Å². The summed E-state index contributed by atoms with van der Waals surface area (Å²) in [5.74, 6) is -0.252. The molecule has 104 valence electrons. The van der Waals surface area contributed by atoms with Crippen molar-refractivity contribution >= 4 is 29.1 Å². The Kier molecular flexibility index (Phi) is 4.47. The van der Waals surface area contributed by atoms with Gasteiger partial charge in [-0.1, -0.05) is 29.3 Å². The average molecular weight is 311 g/mol. The van der Waals surface area contributed by atoms with Crippen LogP contribution < -0.4 is 10.9 Å². The van der Waals surface area contributed by atoms with Crippen molar-refractivity contribution in [2.24, 2.45) is 7.05 Å². The molecule has 0 saturated heterocycles. The fraction of sp³-hybridized carbons (Fsp3) is 0.143. The number of aryl methyl sites for hydroxylation is 1. The van der Waals surface area contributed by atoms with Crippen LogP contribution in [0.1, 0.15) is 15.9 Å². The van der Waals surface area contributed by atoms with Crippen LogP contribution >= 0.6 is 23.2 Å². The molecule has 0 atom stereocenters. The van der Waals surface area contributed by atoms with Crippen LogP contribution in [0.15, 0.2) is 41.3 Å². The van der Waals surface area contributed by atoms with Crippen molar-refractivity contribution in [3.8, 4) is 0 Å². The Morgan fingerprint density at radius 1 is 1.20 bits per heavy atom. The number of nitrogens with one attached hydrogen (secondary N) is 1. The van der Waals surface area contributed by atoms with Gasteiger partial charge in [-0.15, -0.1) is 0 Å². The lowest BCUT2D eigenvalue weighted by Crippen LogP contribution is -2.24. The molecule has 1 aromatic carbocycles. The molecule has 2 aromatic rings. The number of carbonyl (C=O) groups excluding carboxylic acids is 1. The molecule has 0 spiro atoms. The highest BCUT2D eigenvalue weighted by atomic mass is 35.5. The van der Waals surface area contributed by atoms with Crippen molar-refractivity contribution in [1.82, 2.24) is 9.88 Å². The quantitative estimate of drug-likeness (QED) is 0.947. The molecule has 0 aliphatic heterocycles. The van der Waals surface area contributed by atoms with Gasteiger partial charge in [-0.05, 0) is 23.8 Å². The Labute approximate surface area is 125 Å². The van der Waals surface area contributed by atoms with Gasteiger partial charge in [0, 0.05) is 31.4 Å². The number of amides is 1. The van der Waals surface area contributed by atoms with Gasteiger partial charge in [0.1, 0.15) is 0 Å². The second-order valence-electron chi connectivity index (χ2n) is 4.30. The van der Waals surface area contributed by atoms with Gasteiger partial charge in [-0.2, -0.15) is 0 Å². The van der Waals surface area contributed by atoms with E-state index in [2.05, 4.69) is 5.32 Å². The van der Waals surface area contributed by atoms with Crippen molar-refractivity contribution in [3.63, 3.8) is 0 Å². The van der Waals surface area contributed by atoms with Crippen LogP contribution in [0.4, 0.5) is 0 Å². The van der Waals surface area contributed by atoms with Crippen molar-refractivity contribution < 1.29 is 4.79 Å². The number of pyridine rings is 1. The largest absolute Gasteiger partial charge is 0.348 e. The summed E-state index contributed by atoms with van der Waals surface area (Å²) in [6.07, 6.45) is 1.68. The van der Waals surface area contributed by atoms with Gasteiger partial charge in [0.05, 0.1) is 10.0 Å². The fourth-order valence-corrected chi connectivity index (χ4v) is 1.98. The molecule has 0 radical (unpaired) electrons. The summed E-state index contributed by atoms with van der Waals surface area (Å²) in [7, 11) is 1.66. The summed E-state index contributed by atoms with van der Waals surface area (Å²) in [5.41, 5.74) is 1.18. The molecule has 0 aliphatic carbocycles. The van der Waals surface area contributed by atoms with Gasteiger partial charge in [-0.3, -0.25) is 9.59 Å². The summed E-state index contributed by atoms with van der Waals surface area (Å²) in [5, 5.41) is 3.49. The molecular formula is C14H12Cl2N2O2. The lowest BCUT2D eigenvalue weighted by atomic mass is 10.2. The highest BCUT2D eigenvalue weighted by Crippen LogP contribution is 2.22. The molecule has 2 rings (SSSR count). The van der Waals surface area contributed by atoms with E-state index < -0.39 is 0 Å². The molecule has 1 aromatic heterocycles. The number of halogens is 2. The van der Waals surface area contributed by atoms with E-state index in [-0.39, 0.29) is 11.5 Å². The van der Waals surface area contributed by atoms with Crippen LogP contribution in [0, 0.1) is 0 Å². The Hall–Kier alpha value is -1.78. The minimum atomic E-state index is -0.252. The Balaban J connectivity index is 2.06. The maximum absolute atomic E-state index is 12.0. The van der Waals surface area contributed by atoms with Gasteiger partial charge in [-0.25, -0.2) is 0 Å². The minimum Gasteiger partial charge on any atom is -0.348 e. The second kappa shape index (κ2) is 6.11. The van der Waals surface area contributed by atoms with E-state index in [9.17, 15) is 9.59 Å². The van der Waals surface area contributed by atoms with E-state index in [0.717, 1.165) is 5.56 Å². The van der Waals surface area contributed by atoms with Gasteiger partial charge in [0.25, 0.3) is 5.91 Å². The SMILES string of the molecule is Cn1cc(CNC(=O)c2ccc(Cl)c(Cl)c2)ccc1=O. The third kappa shape index (κ3) is 3.40. The molecule has 20 heavy (non-hydrogen) atoms. The van der Waals surface area contributed by atoms with Crippen molar-refractivity contribution in [3.05, 3.63) is 68.1 Å². The Morgan fingerprint density at radius 3 is 2.60 bits per heavy atom. The number of rotatable bonds is 3. The molecule has 0 aliphatic rings. The average Bonchev–Trinajstić information content (AvgIpc) is 2.43. The zero-order valence-corrected chi connectivity index (χ0v) is 12.2. The first kappa shape index (κ1) is 14.6. The Morgan fingerprint density at radius 2 is 1.95 bits per heavy atom. The zero-order chi connectivity index (χ0) is 14.7. The molecule has 0 unspecified atom stereocenters. The summed E-state index contributed by atoms with van der Waals surface area (Å²) in [6, 6.07) is 7.83. The van der Waals surface area contributed by atoms with Gasteiger partial charge < -0.3 is 9.88 Å². The van der Waals surface area contributed by atoms with E-state index in [0.29, 0.717) is 22.2 Å². The van der Waals surface area contributed by atoms with Crippen molar-refractivity contribution in [2.45, 2.75) is 6.54 Å². The zero-order valence-electron chi connectivity index (χ0n) is 10.7. The lowest BCUT2D eigenvalue weighted by Gasteiger charge is -2.07. The highest BCUT2D eigenvalue weighted by molar-refractivity contribution is 6.42. The monoisotopic (exact) mass is 310 g/mol. The topological polar surface area (TPSA) is 51.1 Å². The van der Waals surface area contributed by atoms with Gasteiger partial charge in [0.15, 0.2) is 0 Å². The first-order valence-corrected chi connectivity index (χ1v) is 6.62. The summed E-state index contributed by atoms with van der Waals surface area (Å²) in [6.45, 7) is 0.327. The molecule has 1 heterocycles. The second-order valence-corrected chi connectivity index (χ2v) is 5.11. The number of hydrogen-bond acceptors (Lipinski definition) is 2. The lowest BCUT2D eigenvalue weighted by molar-refractivity contribution is 0.0951. The van der Waals surface area contributed by atoms with Gasteiger partial charge >= 0.3 is 0 Å². The molecular weight excluding hydrogens is 299 g/mol. The minimum absolute atomic E-state index is 0.0930. The fourth-order valence-electron chi connectivity index (χ4n) is 1.68. The van der Waals surface area contributed by atoms with Crippen LogP contribution in [-0.4, -0.2) is 10.5 Å². The molecule has 0 bridgehead atoms. The van der Waals surface area contributed by atoms with Crippen LogP contribution in [0.3, 0.4) is 0 Å². The molecule has 1 N–H and O–H groups in total. The van der Waals surface area contributed by atoms with E-state index in [1.54, 1.807) is 31.4 Å². The number of aromatic nitrogens is 1. The standard InChI is InChI=1S/C14H12Cl2N2O2/c1-18-8-9(2-5-13(18)19)7-17-14(20)10-3-4-11(15)12(16)6-10/h2-6,8H,7H2,1H3,(H,17,20). The van der Waals surface area contributed by atoms with Crippen LogP contribution in [0.2, 0.25) is 10.0 Å². The number of hydrogen-bond donors (Lipinski definition) is 1. The van der Waals surface area contributed by atoms with E-state index in [1.165, 1.54) is 16.7 Å². The first-order chi connectivity index (χ1) is 9.47. The Bertz CT molecular complexity index is 711. The van der Waals surface area contributed by atoms with Crippen molar-refractivity contribution in [1.29, 1.82) is 0 Å². The van der Waals surface area contributed by atoms with Crippen LogP contribution in [0.25, 0.3) is 0 Å². The summed E-state index contributed by atoms with van der Waals surface area (Å²) in [4.78, 5) is 23.2. The summed E-state index contributed by atoms with van der Waals surface area (Å²) < 4.78 is 1.46. The first-order valence-electron chi connectivity index (χ1n) is 5.86. The van der Waals surface area contributed by atoms with E-state index in [4.69, 9.17) is 23.2 Å². The smallest absolute Gasteiger partial charge is 0.251 e. The maximum Gasteiger partial charge on any atom is 0.251 e. The third-order valence-electron chi connectivity index (χ3n) is 2.78. The van der Waals surface area contributed by atoms with Gasteiger partial charge in [0.2, 0.25) is 5.56 Å². The molecule has 0 fully saturated rings. The molecule has 4 nitrogen and oxygen atoms in total. The normalized spacial score (nSPS) is 10.3. The van der Waals surface area contributed by atoms with E-state index >= 15 is 0 Å². The molecule has 1 amide bonds. The van der Waals surface area contributed by atoms with E-state index in [1.807, 2.05) is 0 Å². The molecule has 0 saturated carbocycles. The number of carbonyl (C=O) groups is 1.